The van der Waals surface area contributed by atoms with Gasteiger partial charge in [-0.3, -0.25) is 19.7 Å². The molecule has 0 bridgehead atoms. The van der Waals surface area contributed by atoms with Crippen molar-refractivity contribution in [1.82, 2.24) is 5.32 Å². The molecule has 1 aliphatic rings. The largest absolute Gasteiger partial charge is 0.321 e. The first-order valence-electron chi connectivity index (χ1n) is 5.67. The molecule has 1 aliphatic heterocycles. The van der Waals surface area contributed by atoms with E-state index >= 15 is 0 Å². The predicted molar refractivity (Wildman–Crippen MR) is 83.7 cm³/mol. The van der Waals surface area contributed by atoms with E-state index in [1.54, 1.807) is 6.07 Å². The summed E-state index contributed by atoms with van der Waals surface area (Å²) >= 11 is 5.95. The molecule has 1 aromatic carbocycles. The third-order valence-electron chi connectivity index (χ3n) is 2.47. The third kappa shape index (κ3) is 3.64. The highest BCUT2D eigenvalue weighted by molar-refractivity contribution is 8.26. The molecule has 0 unspecified atom stereocenters. The molecule has 21 heavy (non-hydrogen) atoms. The maximum Gasteiger partial charge on any atom is 0.293 e. The normalized spacial score (nSPS) is 16.0. The number of thioether (sulfide) groups is 1. The van der Waals surface area contributed by atoms with Crippen LogP contribution in [0.1, 0.15) is 12.5 Å². The lowest BCUT2D eigenvalue weighted by Crippen LogP contribution is -2.17. The molecule has 0 spiro atoms. The minimum Gasteiger partial charge on any atom is -0.321 e. The van der Waals surface area contributed by atoms with Crippen LogP contribution < -0.4 is 10.6 Å². The van der Waals surface area contributed by atoms with Gasteiger partial charge in [0.05, 0.1) is 9.83 Å². The summed E-state index contributed by atoms with van der Waals surface area (Å²) in [6.45, 7) is 1.26. The van der Waals surface area contributed by atoms with Crippen LogP contribution in [0.3, 0.4) is 0 Å². The number of hydrogen-bond acceptors (Lipinski definition) is 6. The van der Waals surface area contributed by atoms with E-state index in [9.17, 15) is 19.7 Å². The molecule has 1 saturated heterocycles. The molecular formula is C12H9N3O4S2. The van der Waals surface area contributed by atoms with Crippen LogP contribution >= 0.6 is 24.0 Å². The molecule has 1 heterocycles. The highest BCUT2D eigenvalue weighted by atomic mass is 32.2. The van der Waals surface area contributed by atoms with Crippen LogP contribution in [0.25, 0.3) is 6.08 Å². The summed E-state index contributed by atoms with van der Waals surface area (Å²) in [4.78, 5) is 33.4. The minimum absolute atomic E-state index is 0.105. The van der Waals surface area contributed by atoms with Gasteiger partial charge in [-0.2, -0.15) is 0 Å². The Morgan fingerprint density at radius 2 is 2.24 bits per heavy atom. The highest BCUT2D eigenvalue weighted by Crippen LogP contribution is 2.30. The lowest BCUT2D eigenvalue weighted by Gasteiger charge is -2.04. The summed E-state index contributed by atoms with van der Waals surface area (Å²) in [7, 11) is 0. The predicted octanol–water partition coefficient (Wildman–Crippen LogP) is 2.04. The molecule has 7 nitrogen and oxygen atoms in total. The van der Waals surface area contributed by atoms with Gasteiger partial charge in [-0.15, -0.1) is 0 Å². The molecule has 108 valence electrons. The van der Waals surface area contributed by atoms with Gasteiger partial charge in [0.1, 0.15) is 10.0 Å². The van der Waals surface area contributed by atoms with E-state index in [0.29, 0.717) is 14.8 Å². The van der Waals surface area contributed by atoms with Crippen molar-refractivity contribution in [3.8, 4) is 0 Å². The Hall–Kier alpha value is -2.26. The maximum atomic E-state index is 11.5. The molecule has 2 amide bonds. The number of benzene rings is 1. The standard InChI is InChI=1S/C12H9N3O4S2/c1-6(16)13-8-3-2-7(4-9(8)15(18)19)5-10-11(17)14-12(20)21-10/h2-5H,1H3,(H,13,16)(H,14,17,20). The number of nitrogens with one attached hydrogen (secondary N) is 2. The fourth-order valence-electron chi connectivity index (χ4n) is 1.66. The van der Waals surface area contributed by atoms with Crippen molar-refractivity contribution in [1.29, 1.82) is 0 Å². The molecule has 2 N–H and O–H groups in total. The lowest BCUT2D eigenvalue weighted by molar-refractivity contribution is -0.383. The van der Waals surface area contributed by atoms with Crippen molar-refractivity contribution in [2.45, 2.75) is 6.92 Å². The first kappa shape index (κ1) is 15.1. The second kappa shape index (κ2) is 6.02. The average Bonchev–Trinajstić information content (AvgIpc) is 2.68. The van der Waals surface area contributed by atoms with E-state index in [1.807, 2.05) is 0 Å². The lowest BCUT2D eigenvalue weighted by atomic mass is 10.1. The van der Waals surface area contributed by atoms with Crippen LogP contribution in [-0.2, 0) is 9.59 Å². The summed E-state index contributed by atoms with van der Waals surface area (Å²) in [6, 6.07) is 4.27. The van der Waals surface area contributed by atoms with E-state index < -0.39 is 10.8 Å². The van der Waals surface area contributed by atoms with Gasteiger partial charge in [-0.1, -0.05) is 30.0 Å². The number of anilines is 1. The molecule has 0 radical (unpaired) electrons. The topological polar surface area (TPSA) is 101 Å². The number of amides is 2. The van der Waals surface area contributed by atoms with E-state index in [0.717, 1.165) is 11.8 Å². The molecule has 0 aliphatic carbocycles. The third-order valence-corrected chi connectivity index (χ3v) is 3.63. The highest BCUT2D eigenvalue weighted by Gasteiger charge is 2.22. The number of thiocarbonyl (C=S) groups is 1. The number of nitro groups is 1. The Bertz CT molecular complexity index is 700. The molecule has 9 heteroatoms. The number of carbonyl (C=O) groups excluding carboxylic acids is 2. The quantitative estimate of drug-likeness (QED) is 0.382. The van der Waals surface area contributed by atoms with Crippen LogP contribution in [-0.4, -0.2) is 21.1 Å². The number of nitrogens with zero attached hydrogens (tertiary/aromatic N) is 1. The molecule has 0 aromatic heterocycles. The number of carbonyl (C=O) groups is 2. The van der Waals surface area contributed by atoms with Gasteiger partial charge in [-0.25, -0.2) is 0 Å². The van der Waals surface area contributed by atoms with Crippen LogP contribution in [0.2, 0.25) is 0 Å². The zero-order valence-electron chi connectivity index (χ0n) is 10.7. The van der Waals surface area contributed by atoms with Crippen molar-refractivity contribution in [2.24, 2.45) is 0 Å². The van der Waals surface area contributed by atoms with E-state index in [1.165, 1.54) is 25.1 Å². The van der Waals surface area contributed by atoms with Gasteiger partial charge in [-0.05, 0) is 17.7 Å². The van der Waals surface area contributed by atoms with Crippen molar-refractivity contribution >= 4 is 57.6 Å². The summed E-state index contributed by atoms with van der Waals surface area (Å²) in [5, 5.41) is 15.9. The van der Waals surface area contributed by atoms with Gasteiger partial charge >= 0.3 is 0 Å². The van der Waals surface area contributed by atoms with Gasteiger partial charge < -0.3 is 10.6 Å². The van der Waals surface area contributed by atoms with E-state index in [2.05, 4.69) is 10.6 Å². The smallest absolute Gasteiger partial charge is 0.293 e. The zero-order chi connectivity index (χ0) is 15.6. The van der Waals surface area contributed by atoms with Gasteiger partial charge in [0.25, 0.3) is 11.6 Å². The average molecular weight is 323 g/mol. The Labute approximate surface area is 128 Å². The van der Waals surface area contributed by atoms with E-state index in [-0.39, 0.29) is 17.3 Å². The fourth-order valence-corrected chi connectivity index (χ4v) is 2.70. The zero-order valence-corrected chi connectivity index (χ0v) is 12.3. The SMILES string of the molecule is CC(=O)Nc1ccc(C=C2SC(=S)NC2=O)cc1[N+](=O)[O-]. The van der Waals surface area contributed by atoms with Crippen molar-refractivity contribution < 1.29 is 14.5 Å². The molecular weight excluding hydrogens is 314 g/mol. The number of hydrogen-bond donors (Lipinski definition) is 2. The van der Waals surface area contributed by atoms with Crippen LogP contribution in [0, 0.1) is 10.1 Å². The van der Waals surface area contributed by atoms with Crippen LogP contribution in [0.4, 0.5) is 11.4 Å². The Morgan fingerprint density at radius 1 is 1.52 bits per heavy atom. The molecule has 0 saturated carbocycles. The summed E-state index contributed by atoms with van der Waals surface area (Å²) in [5.74, 6) is -0.737. The van der Waals surface area contributed by atoms with Gasteiger partial charge in [0, 0.05) is 13.0 Å². The first-order valence-corrected chi connectivity index (χ1v) is 6.90. The Balaban J connectivity index is 2.38. The molecule has 1 fully saturated rings. The first-order chi connectivity index (χ1) is 9.86. The second-order valence-corrected chi connectivity index (χ2v) is 5.79. The maximum absolute atomic E-state index is 11.5. The summed E-state index contributed by atoms with van der Waals surface area (Å²) in [5.41, 5.74) is 0.331. The number of rotatable bonds is 3. The Kier molecular flexibility index (Phi) is 4.34. The van der Waals surface area contributed by atoms with Crippen molar-refractivity contribution in [3.05, 3.63) is 38.8 Å². The minimum atomic E-state index is -0.597. The van der Waals surface area contributed by atoms with Crippen molar-refractivity contribution in [2.75, 3.05) is 5.32 Å². The van der Waals surface area contributed by atoms with Crippen LogP contribution in [0.15, 0.2) is 23.1 Å². The number of nitro benzene ring substituents is 1. The van der Waals surface area contributed by atoms with Gasteiger partial charge in [0.2, 0.25) is 5.91 Å². The van der Waals surface area contributed by atoms with Gasteiger partial charge in [0.15, 0.2) is 0 Å². The monoisotopic (exact) mass is 323 g/mol. The molecule has 1 aromatic rings. The fraction of sp³-hybridized carbons (Fsp3) is 0.0833. The molecule has 2 rings (SSSR count). The Morgan fingerprint density at radius 3 is 2.76 bits per heavy atom. The van der Waals surface area contributed by atoms with Crippen molar-refractivity contribution in [3.63, 3.8) is 0 Å². The summed E-state index contributed by atoms with van der Waals surface area (Å²) < 4.78 is 0.343. The second-order valence-electron chi connectivity index (χ2n) is 4.07. The van der Waals surface area contributed by atoms with E-state index in [4.69, 9.17) is 12.2 Å². The molecule has 0 atom stereocenters. The van der Waals surface area contributed by atoms with Crippen LogP contribution in [0.5, 0.6) is 0 Å². The summed E-state index contributed by atoms with van der Waals surface area (Å²) in [6.07, 6.45) is 1.50.